The molecule has 2 aromatic carbocycles. The lowest BCUT2D eigenvalue weighted by Gasteiger charge is -2.14. The molecule has 3 rings (SSSR count). The average Bonchev–Trinajstić information content (AvgIpc) is 3.22. The summed E-state index contributed by atoms with van der Waals surface area (Å²) in [5.74, 6) is -0.642. The molecule has 0 radical (unpaired) electrons. The molecule has 0 aliphatic heterocycles. The largest absolute Gasteiger partial charge is 0.450 e. The van der Waals surface area contributed by atoms with E-state index in [2.05, 4.69) is 5.32 Å². The van der Waals surface area contributed by atoms with Crippen LogP contribution in [0.25, 0.3) is 11.3 Å². The van der Waals surface area contributed by atoms with Crippen molar-refractivity contribution in [3.63, 3.8) is 0 Å². The lowest BCUT2D eigenvalue weighted by Crippen LogP contribution is -2.22. The molecule has 150 valence electrons. The minimum absolute atomic E-state index is 0.0101. The van der Waals surface area contributed by atoms with Gasteiger partial charge in [0, 0.05) is 11.3 Å². The van der Waals surface area contributed by atoms with Gasteiger partial charge in [0.15, 0.2) is 6.61 Å². The van der Waals surface area contributed by atoms with Gasteiger partial charge in [-0.25, -0.2) is 4.79 Å². The third-order valence-corrected chi connectivity index (χ3v) is 4.87. The molecule has 6 heteroatoms. The number of esters is 1. The number of amides is 1. The van der Waals surface area contributed by atoms with Gasteiger partial charge in [0.2, 0.25) is 5.76 Å². The van der Waals surface area contributed by atoms with Crippen LogP contribution < -0.4 is 5.32 Å². The van der Waals surface area contributed by atoms with Crippen LogP contribution in [0.15, 0.2) is 59.0 Å². The number of ether oxygens (including phenoxy) is 1. The quantitative estimate of drug-likeness (QED) is 0.519. The normalized spacial score (nSPS) is 10.6. The zero-order chi connectivity index (χ0) is 20.8. The van der Waals surface area contributed by atoms with Crippen LogP contribution in [0.1, 0.15) is 35.5 Å². The number of rotatable bonds is 7. The first kappa shape index (κ1) is 20.7. The van der Waals surface area contributed by atoms with Gasteiger partial charge in [-0.15, -0.1) is 0 Å². The first-order valence-electron chi connectivity index (χ1n) is 9.46. The molecular weight excluding hydrogens is 390 g/mol. The van der Waals surface area contributed by atoms with Gasteiger partial charge in [-0.1, -0.05) is 55.8 Å². The summed E-state index contributed by atoms with van der Waals surface area (Å²) >= 11 is 6.15. The van der Waals surface area contributed by atoms with Crippen molar-refractivity contribution < 1.29 is 18.7 Å². The summed E-state index contributed by atoms with van der Waals surface area (Å²) in [6, 6.07) is 16.2. The van der Waals surface area contributed by atoms with E-state index >= 15 is 0 Å². The Balaban J connectivity index is 1.63. The number of anilines is 1. The Hall–Kier alpha value is -3.05. The summed E-state index contributed by atoms with van der Waals surface area (Å²) in [5.41, 5.74) is 3.55. The third-order valence-electron chi connectivity index (χ3n) is 4.54. The molecule has 5 nitrogen and oxygen atoms in total. The Kier molecular flexibility index (Phi) is 6.73. The van der Waals surface area contributed by atoms with Crippen molar-refractivity contribution in [2.24, 2.45) is 0 Å². The number of nitrogens with one attached hydrogen (secondary N) is 1. The molecule has 1 N–H and O–H groups in total. The summed E-state index contributed by atoms with van der Waals surface area (Å²) in [7, 11) is 0. The fourth-order valence-electron chi connectivity index (χ4n) is 3.03. The minimum Gasteiger partial charge on any atom is -0.450 e. The number of benzene rings is 2. The van der Waals surface area contributed by atoms with Gasteiger partial charge < -0.3 is 14.5 Å². The topological polar surface area (TPSA) is 68.5 Å². The van der Waals surface area contributed by atoms with Gasteiger partial charge in [0.25, 0.3) is 5.91 Å². The first-order chi connectivity index (χ1) is 14.0. The van der Waals surface area contributed by atoms with Gasteiger partial charge in [-0.05, 0) is 48.2 Å². The van der Waals surface area contributed by atoms with E-state index < -0.39 is 18.5 Å². The van der Waals surface area contributed by atoms with Crippen LogP contribution in [-0.2, 0) is 22.4 Å². The van der Waals surface area contributed by atoms with Crippen molar-refractivity contribution in [3.05, 3.63) is 76.5 Å². The van der Waals surface area contributed by atoms with Crippen LogP contribution in [0.2, 0.25) is 5.02 Å². The van der Waals surface area contributed by atoms with Crippen molar-refractivity contribution >= 4 is 29.2 Å². The molecule has 1 heterocycles. The standard InChI is InChI=1S/C23H22ClNO4/c1-3-15-8-7-9-16(4-2)22(15)25-21(26)14-28-23(27)20-13-12-19(29-20)17-10-5-6-11-18(17)24/h5-13H,3-4,14H2,1-2H3,(H,25,26). The van der Waals surface area contributed by atoms with Gasteiger partial charge >= 0.3 is 5.97 Å². The molecule has 0 spiro atoms. The number of carbonyl (C=O) groups excluding carboxylic acids is 2. The summed E-state index contributed by atoms with van der Waals surface area (Å²) < 4.78 is 10.7. The van der Waals surface area contributed by atoms with E-state index in [0.717, 1.165) is 29.7 Å². The molecule has 0 bridgehead atoms. The van der Waals surface area contributed by atoms with Crippen LogP contribution in [0.3, 0.4) is 0 Å². The van der Waals surface area contributed by atoms with Crippen LogP contribution in [0, 0.1) is 0 Å². The molecule has 1 aromatic heterocycles. The molecule has 3 aromatic rings. The van der Waals surface area contributed by atoms with E-state index in [-0.39, 0.29) is 5.76 Å². The van der Waals surface area contributed by atoms with Crippen molar-refractivity contribution in [3.8, 4) is 11.3 Å². The SMILES string of the molecule is CCc1cccc(CC)c1NC(=O)COC(=O)c1ccc(-c2ccccc2Cl)o1. The third kappa shape index (κ3) is 4.87. The van der Waals surface area contributed by atoms with Gasteiger partial charge in [0.1, 0.15) is 5.76 Å². The molecule has 0 aliphatic carbocycles. The average molecular weight is 412 g/mol. The number of hydrogen-bond donors (Lipinski definition) is 1. The molecule has 0 fully saturated rings. The smallest absolute Gasteiger partial charge is 0.374 e. The number of furan rings is 1. The van der Waals surface area contributed by atoms with Crippen molar-refractivity contribution in [1.82, 2.24) is 0 Å². The number of hydrogen-bond acceptors (Lipinski definition) is 4. The maximum atomic E-state index is 12.3. The number of carbonyl (C=O) groups is 2. The highest BCUT2D eigenvalue weighted by Crippen LogP contribution is 2.29. The lowest BCUT2D eigenvalue weighted by molar-refractivity contribution is -0.119. The second-order valence-electron chi connectivity index (χ2n) is 6.43. The van der Waals surface area contributed by atoms with E-state index in [1.54, 1.807) is 18.2 Å². The van der Waals surface area contributed by atoms with Gasteiger partial charge in [-0.3, -0.25) is 4.79 Å². The number of halogens is 1. The second kappa shape index (κ2) is 9.43. The Bertz CT molecular complexity index is 1000. The van der Waals surface area contributed by atoms with Crippen LogP contribution in [0.4, 0.5) is 5.69 Å². The van der Waals surface area contributed by atoms with E-state index in [0.29, 0.717) is 16.3 Å². The van der Waals surface area contributed by atoms with Gasteiger partial charge in [0.05, 0.1) is 5.02 Å². The van der Waals surface area contributed by atoms with Crippen LogP contribution in [-0.4, -0.2) is 18.5 Å². The highest BCUT2D eigenvalue weighted by Gasteiger charge is 2.17. The van der Waals surface area contributed by atoms with Crippen molar-refractivity contribution in [2.75, 3.05) is 11.9 Å². The predicted molar refractivity (Wildman–Crippen MR) is 113 cm³/mol. The van der Waals surface area contributed by atoms with E-state index in [9.17, 15) is 9.59 Å². The lowest BCUT2D eigenvalue weighted by atomic mass is 10.0. The fourth-order valence-corrected chi connectivity index (χ4v) is 3.26. The maximum absolute atomic E-state index is 12.3. The minimum atomic E-state index is -0.710. The van der Waals surface area contributed by atoms with Crippen LogP contribution in [0.5, 0.6) is 0 Å². The van der Waals surface area contributed by atoms with Crippen molar-refractivity contribution in [2.45, 2.75) is 26.7 Å². The highest BCUT2D eigenvalue weighted by molar-refractivity contribution is 6.33. The zero-order valence-corrected chi connectivity index (χ0v) is 17.1. The predicted octanol–water partition coefficient (Wildman–Crippen LogP) is 5.52. The fraction of sp³-hybridized carbons (Fsp3) is 0.217. The molecule has 29 heavy (non-hydrogen) atoms. The molecular formula is C23H22ClNO4. The molecule has 0 saturated carbocycles. The molecule has 1 amide bonds. The van der Waals surface area contributed by atoms with Gasteiger partial charge in [-0.2, -0.15) is 0 Å². The van der Waals surface area contributed by atoms with E-state index in [1.807, 2.05) is 44.2 Å². The monoisotopic (exact) mass is 411 g/mol. The Morgan fingerprint density at radius 1 is 0.966 bits per heavy atom. The van der Waals surface area contributed by atoms with E-state index in [1.165, 1.54) is 6.07 Å². The summed E-state index contributed by atoms with van der Waals surface area (Å²) in [5, 5.41) is 3.38. The zero-order valence-electron chi connectivity index (χ0n) is 16.3. The maximum Gasteiger partial charge on any atom is 0.374 e. The highest BCUT2D eigenvalue weighted by atomic mass is 35.5. The number of aryl methyl sites for hydroxylation is 2. The summed E-state index contributed by atoms with van der Waals surface area (Å²) in [6.45, 7) is 3.65. The Morgan fingerprint density at radius 3 is 2.31 bits per heavy atom. The van der Waals surface area contributed by atoms with Crippen molar-refractivity contribution in [1.29, 1.82) is 0 Å². The molecule has 0 saturated heterocycles. The number of para-hydroxylation sites is 1. The van der Waals surface area contributed by atoms with Crippen LogP contribution >= 0.6 is 11.6 Å². The first-order valence-corrected chi connectivity index (χ1v) is 9.83. The molecule has 0 atom stereocenters. The second-order valence-corrected chi connectivity index (χ2v) is 6.83. The molecule has 0 aliphatic rings. The summed E-state index contributed by atoms with van der Waals surface area (Å²) in [6.07, 6.45) is 1.58. The van der Waals surface area contributed by atoms with E-state index in [4.69, 9.17) is 20.8 Å². The summed E-state index contributed by atoms with van der Waals surface area (Å²) in [4.78, 5) is 24.6. The Morgan fingerprint density at radius 2 is 1.66 bits per heavy atom. The molecule has 0 unspecified atom stereocenters. The Labute approximate surface area is 174 Å².